The molecule has 0 aliphatic heterocycles. The average Bonchev–Trinajstić information content (AvgIpc) is 2.52. The molecule has 0 fully saturated rings. The van der Waals surface area contributed by atoms with Crippen molar-refractivity contribution >= 4 is 33.3 Å². The van der Waals surface area contributed by atoms with Crippen LogP contribution in [0.3, 0.4) is 0 Å². The van der Waals surface area contributed by atoms with Crippen LogP contribution in [0.25, 0.3) is 0 Å². The molecule has 0 saturated heterocycles. The molecule has 0 radical (unpaired) electrons. The summed E-state index contributed by atoms with van der Waals surface area (Å²) >= 11 is 5.88. The Balaban J connectivity index is 2.09. The Bertz CT molecular complexity index is 865. The molecular formula is C15H13ClN2O4S. The maximum Gasteiger partial charge on any atom is 0.271 e. The van der Waals surface area contributed by atoms with Gasteiger partial charge in [0, 0.05) is 11.8 Å². The molecule has 2 amide bonds. The first-order chi connectivity index (χ1) is 10.8. The number of amides is 2. The molecule has 0 bridgehead atoms. The second kappa shape index (κ2) is 6.80. The van der Waals surface area contributed by atoms with Crippen LogP contribution >= 0.6 is 11.6 Å². The average molecular weight is 353 g/mol. The number of carbonyl (C=O) groups excluding carboxylic acids is 2. The van der Waals surface area contributed by atoms with Crippen molar-refractivity contribution in [2.24, 2.45) is 0 Å². The van der Waals surface area contributed by atoms with E-state index >= 15 is 0 Å². The molecule has 2 aromatic carbocycles. The van der Waals surface area contributed by atoms with Gasteiger partial charge in [-0.2, -0.15) is 0 Å². The molecule has 0 unspecified atom stereocenters. The predicted octanol–water partition coefficient (Wildman–Crippen LogP) is 1.82. The highest BCUT2D eigenvalue weighted by Gasteiger charge is 2.14. The molecule has 8 heteroatoms. The van der Waals surface area contributed by atoms with Crippen molar-refractivity contribution in [3.05, 3.63) is 64.7 Å². The minimum absolute atomic E-state index is 0.0163. The SMILES string of the molecule is CS(=O)(=O)c1cccc(C(=O)NNC(=O)c2ccccc2Cl)c1. The lowest BCUT2D eigenvalue weighted by Gasteiger charge is -2.09. The van der Waals surface area contributed by atoms with E-state index < -0.39 is 21.7 Å². The van der Waals surface area contributed by atoms with Gasteiger partial charge in [0.05, 0.1) is 15.5 Å². The highest BCUT2D eigenvalue weighted by atomic mass is 35.5. The number of sulfone groups is 1. The largest absolute Gasteiger partial charge is 0.271 e. The number of carbonyl (C=O) groups is 2. The lowest BCUT2D eigenvalue weighted by Crippen LogP contribution is -2.41. The van der Waals surface area contributed by atoms with Gasteiger partial charge in [0.2, 0.25) is 0 Å². The number of nitrogens with one attached hydrogen (secondary N) is 2. The number of benzene rings is 2. The van der Waals surface area contributed by atoms with E-state index in [1.807, 2.05) is 0 Å². The van der Waals surface area contributed by atoms with Gasteiger partial charge in [-0.05, 0) is 30.3 Å². The summed E-state index contributed by atoms with van der Waals surface area (Å²) in [6.45, 7) is 0. The third-order valence-corrected chi connectivity index (χ3v) is 4.37. The van der Waals surface area contributed by atoms with Crippen LogP contribution in [0.2, 0.25) is 5.02 Å². The van der Waals surface area contributed by atoms with Crippen molar-refractivity contribution in [1.82, 2.24) is 10.9 Å². The summed E-state index contributed by atoms with van der Waals surface area (Å²) < 4.78 is 23.0. The van der Waals surface area contributed by atoms with E-state index in [1.54, 1.807) is 18.2 Å². The summed E-state index contributed by atoms with van der Waals surface area (Å²) in [6, 6.07) is 11.9. The van der Waals surface area contributed by atoms with Gasteiger partial charge in [-0.25, -0.2) is 8.42 Å². The number of hydrazine groups is 1. The fraction of sp³-hybridized carbons (Fsp3) is 0.0667. The molecule has 2 aromatic rings. The van der Waals surface area contributed by atoms with Gasteiger partial charge in [0.15, 0.2) is 9.84 Å². The van der Waals surface area contributed by atoms with Crippen LogP contribution < -0.4 is 10.9 Å². The smallest absolute Gasteiger partial charge is 0.267 e. The van der Waals surface area contributed by atoms with Crippen molar-refractivity contribution in [2.75, 3.05) is 6.26 Å². The van der Waals surface area contributed by atoms with Crippen LogP contribution in [0.15, 0.2) is 53.4 Å². The van der Waals surface area contributed by atoms with Crippen molar-refractivity contribution in [3.63, 3.8) is 0 Å². The fourth-order valence-electron chi connectivity index (χ4n) is 1.77. The summed E-state index contributed by atoms with van der Waals surface area (Å²) in [5.41, 5.74) is 4.75. The molecule has 2 rings (SSSR count). The van der Waals surface area contributed by atoms with Gasteiger partial charge in [0.25, 0.3) is 11.8 Å². The monoisotopic (exact) mass is 352 g/mol. The Labute approximate surface area is 138 Å². The van der Waals surface area contributed by atoms with Crippen LogP contribution in [0.5, 0.6) is 0 Å². The Kier molecular flexibility index (Phi) is 5.02. The quantitative estimate of drug-likeness (QED) is 0.824. The summed E-state index contributed by atoms with van der Waals surface area (Å²) in [4.78, 5) is 23.9. The Hall–Kier alpha value is -2.38. The third kappa shape index (κ3) is 4.30. The van der Waals surface area contributed by atoms with Gasteiger partial charge in [-0.3, -0.25) is 20.4 Å². The fourth-order valence-corrected chi connectivity index (χ4v) is 2.65. The molecule has 0 atom stereocenters. The first-order valence-corrected chi connectivity index (χ1v) is 8.71. The minimum atomic E-state index is -3.42. The predicted molar refractivity (Wildman–Crippen MR) is 85.9 cm³/mol. The van der Waals surface area contributed by atoms with E-state index in [0.29, 0.717) is 0 Å². The van der Waals surface area contributed by atoms with E-state index in [2.05, 4.69) is 10.9 Å². The molecule has 120 valence electrons. The van der Waals surface area contributed by atoms with E-state index in [-0.39, 0.29) is 21.0 Å². The summed E-state index contributed by atoms with van der Waals surface area (Å²) in [5, 5.41) is 0.248. The van der Waals surface area contributed by atoms with E-state index in [4.69, 9.17) is 11.6 Å². The van der Waals surface area contributed by atoms with E-state index in [1.165, 1.54) is 30.3 Å². The Morgan fingerprint density at radius 1 is 0.957 bits per heavy atom. The van der Waals surface area contributed by atoms with Crippen LogP contribution in [0, 0.1) is 0 Å². The van der Waals surface area contributed by atoms with Crippen LogP contribution in [0.1, 0.15) is 20.7 Å². The van der Waals surface area contributed by atoms with Crippen molar-refractivity contribution in [1.29, 1.82) is 0 Å². The zero-order valence-electron chi connectivity index (χ0n) is 12.0. The first kappa shape index (κ1) is 17.0. The second-order valence-electron chi connectivity index (χ2n) is 4.69. The zero-order chi connectivity index (χ0) is 17.0. The molecule has 23 heavy (non-hydrogen) atoms. The molecular weight excluding hydrogens is 340 g/mol. The molecule has 0 aromatic heterocycles. The molecule has 0 saturated carbocycles. The Morgan fingerprint density at radius 2 is 1.61 bits per heavy atom. The number of rotatable bonds is 3. The first-order valence-electron chi connectivity index (χ1n) is 6.44. The number of hydrogen-bond acceptors (Lipinski definition) is 4. The molecule has 0 heterocycles. The summed E-state index contributed by atoms with van der Waals surface area (Å²) in [5.74, 6) is -1.22. The van der Waals surface area contributed by atoms with E-state index in [0.717, 1.165) is 6.26 Å². The van der Waals surface area contributed by atoms with Gasteiger partial charge >= 0.3 is 0 Å². The van der Waals surface area contributed by atoms with Gasteiger partial charge in [-0.1, -0.05) is 29.8 Å². The van der Waals surface area contributed by atoms with E-state index in [9.17, 15) is 18.0 Å². The second-order valence-corrected chi connectivity index (χ2v) is 7.11. The van der Waals surface area contributed by atoms with Gasteiger partial charge in [0.1, 0.15) is 0 Å². The van der Waals surface area contributed by atoms with Crippen molar-refractivity contribution in [2.45, 2.75) is 4.90 Å². The highest BCUT2D eigenvalue weighted by Crippen LogP contribution is 2.14. The zero-order valence-corrected chi connectivity index (χ0v) is 13.6. The molecule has 0 spiro atoms. The molecule has 2 N–H and O–H groups in total. The highest BCUT2D eigenvalue weighted by molar-refractivity contribution is 7.90. The van der Waals surface area contributed by atoms with Crippen LogP contribution in [-0.4, -0.2) is 26.5 Å². The van der Waals surface area contributed by atoms with Gasteiger partial charge < -0.3 is 0 Å². The molecule has 0 aliphatic carbocycles. The maximum atomic E-state index is 12.0. The standard InChI is InChI=1S/C15H13ClN2O4S/c1-23(21,22)11-6-4-5-10(9-11)14(19)17-18-15(20)12-7-2-3-8-13(12)16/h2-9H,1H3,(H,17,19)(H,18,20). The lowest BCUT2D eigenvalue weighted by molar-refractivity contribution is 0.0846. The van der Waals surface area contributed by atoms with Crippen LogP contribution in [0.4, 0.5) is 0 Å². The Morgan fingerprint density at radius 3 is 2.26 bits per heavy atom. The molecule has 0 aliphatic rings. The third-order valence-electron chi connectivity index (χ3n) is 2.93. The minimum Gasteiger partial charge on any atom is -0.267 e. The van der Waals surface area contributed by atoms with Crippen LogP contribution in [-0.2, 0) is 9.84 Å². The molecule has 6 nitrogen and oxygen atoms in total. The number of hydrogen-bond donors (Lipinski definition) is 2. The maximum absolute atomic E-state index is 12.0. The van der Waals surface area contributed by atoms with Crippen molar-refractivity contribution < 1.29 is 18.0 Å². The number of halogens is 1. The lowest BCUT2D eigenvalue weighted by atomic mass is 10.2. The van der Waals surface area contributed by atoms with Gasteiger partial charge in [-0.15, -0.1) is 0 Å². The summed E-state index contributed by atoms with van der Waals surface area (Å²) in [7, 11) is -3.42. The normalized spacial score (nSPS) is 10.9. The summed E-state index contributed by atoms with van der Waals surface area (Å²) in [6.07, 6.45) is 1.04. The van der Waals surface area contributed by atoms with Crippen molar-refractivity contribution in [3.8, 4) is 0 Å². The topological polar surface area (TPSA) is 92.3 Å².